The van der Waals surface area contributed by atoms with Crippen LogP contribution in [0.4, 0.5) is 0 Å². The van der Waals surface area contributed by atoms with E-state index in [-0.39, 0.29) is 24.0 Å². The smallest absolute Gasteiger partial charge is 0.221 e. The molecule has 0 aromatic heterocycles. The summed E-state index contributed by atoms with van der Waals surface area (Å²) in [5, 5.41) is 13.8. The van der Waals surface area contributed by atoms with Crippen LogP contribution in [0, 0.1) is 0 Å². The number of amides is 1. The molecule has 0 bridgehead atoms. The standard InChI is InChI=1S/C22H20ClNO2/c23-20-12-6-4-10-17(20)15-24-22(26)14-19(16-8-2-1-3-9-16)18-11-5-7-13-21(18)25/h1-13,19,25H,14-15H2,(H,24,26)/t19-/m0/s1. The predicted octanol–water partition coefficient (Wildman–Crippen LogP) is 4.88. The van der Waals surface area contributed by atoms with Gasteiger partial charge in [-0.3, -0.25) is 4.79 Å². The van der Waals surface area contributed by atoms with Gasteiger partial charge in [-0.05, 0) is 23.3 Å². The van der Waals surface area contributed by atoms with Crippen molar-refractivity contribution >= 4 is 17.5 Å². The van der Waals surface area contributed by atoms with Crippen molar-refractivity contribution in [3.05, 3.63) is 101 Å². The van der Waals surface area contributed by atoms with Crippen LogP contribution in [0.3, 0.4) is 0 Å². The van der Waals surface area contributed by atoms with E-state index in [1.54, 1.807) is 18.2 Å². The molecule has 0 fully saturated rings. The van der Waals surface area contributed by atoms with E-state index in [1.165, 1.54) is 0 Å². The van der Waals surface area contributed by atoms with Gasteiger partial charge < -0.3 is 10.4 Å². The first-order valence-corrected chi connectivity index (χ1v) is 8.86. The SMILES string of the molecule is O=C(C[C@@H](c1ccccc1)c1ccccc1O)NCc1ccccc1Cl. The largest absolute Gasteiger partial charge is 0.508 e. The molecule has 0 aliphatic heterocycles. The lowest BCUT2D eigenvalue weighted by Crippen LogP contribution is -2.25. The normalized spacial score (nSPS) is 11.7. The molecule has 0 spiro atoms. The highest BCUT2D eigenvalue weighted by molar-refractivity contribution is 6.31. The van der Waals surface area contributed by atoms with Crippen LogP contribution in [0.2, 0.25) is 5.02 Å². The molecule has 1 amide bonds. The molecule has 0 unspecified atom stereocenters. The Kier molecular flexibility index (Phi) is 5.92. The molecule has 132 valence electrons. The number of rotatable bonds is 6. The average molecular weight is 366 g/mol. The van der Waals surface area contributed by atoms with Crippen LogP contribution in [-0.2, 0) is 11.3 Å². The number of halogens is 1. The van der Waals surface area contributed by atoms with Crippen LogP contribution in [0.1, 0.15) is 29.0 Å². The number of nitrogens with one attached hydrogen (secondary N) is 1. The van der Waals surface area contributed by atoms with Gasteiger partial charge in [0.05, 0.1) is 0 Å². The summed E-state index contributed by atoms with van der Waals surface area (Å²) in [6, 6.07) is 24.3. The van der Waals surface area contributed by atoms with E-state index in [2.05, 4.69) is 5.32 Å². The molecular weight excluding hydrogens is 346 g/mol. The summed E-state index contributed by atoms with van der Waals surface area (Å²) >= 11 is 6.14. The number of para-hydroxylation sites is 1. The molecule has 3 rings (SSSR count). The van der Waals surface area contributed by atoms with E-state index in [9.17, 15) is 9.90 Å². The Morgan fingerprint density at radius 1 is 0.923 bits per heavy atom. The molecule has 4 heteroatoms. The lowest BCUT2D eigenvalue weighted by Gasteiger charge is -2.19. The summed E-state index contributed by atoms with van der Waals surface area (Å²) in [6.45, 7) is 0.376. The number of benzene rings is 3. The highest BCUT2D eigenvalue weighted by Crippen LogP contribution is 2.33. The fourth-order valence-corrected chi connectivity index (χ4v) is 3.17. The fraction of sp³-hybridized carbons (Fsp3) is 0.136. The summed E-state index contributed by atoms with van der Waals surface area (Å²) < 4.78 is 0. The van der Waals surface area contributed by atoms with E-state index in [0.717, 1.165) is 16.7 Å². The van der Waals surface area contributed by atoms with Crippen molar-refractivity contribution in [2.24, 2.45) is 0 Å². The number of carbonyl (C=O) groups is 1. The summed E-state index contributed by atoms with van der Waals surface area (Å²) in [6.07, 6.45) is 0.242. The lowest BCUT2D eigenvalue weighted by molar-refractivity contribution is -0.121. The van der Waals surface area contributed by atoms with Crippen LogP contribution in [0.5, 0.6) is 5.75 Å². The first-order valence-electron chi connectivity index (χ1n) is 8.48. The monoisotopic (exact) mass is 365 g/mol. The zero-order valence-corrected chi connectivity index (χ0v) is 15.0. The second-order valence-electron chi connectivity index (χ2n) is 6.09. The Balaban J connectivity index is 1.77. The maximum Gasteiger partial charge on any atom is 0.221 e. The number of aromatic hydroxyl groups is 1. The zero-order valence-electron chi connectivity index (χ0n) is 14.2. The molecule has 0 aliphatic carbocycles. The van der Waals surface area contributed by atoms with Gasteiger partial charge in [-0.1, -0.05) is 78.3 Å². The summed E-state index contributed by atoms with van der Waals surface area (Å²) in [7, 11) is 0. The van der Waals surface area contributed by atoms with Gasteiger partial charge in [-0.25, -0.2) is 0 Å². The van der Waals surface area contributed by atoms with Crippen molar-refractivity contribution in [2.45, 2.75) is 18.9 Å². The van der Waals surface area contributed by atoms with Crippen molar-refractivity contribution in [1.29, 1.82) is 0 Å². The number of hydrogen-bond acceptors (Lipinski definition) is 2. The maximum atomic E-state index is 12.6. The van der Waals surface area contributed by atoms with Crippen molar-refractivity contribution in [2.75, 3.05) is 0 Å². The van der Waals surface area contributed by atoms with Crippen LogP contribution in [0.25, 0.3) is 0 Å². The van der Waals surface area contributed by atoms with Crippen molar-refractivity contribution in [1.82, 2.24) is 5.32 Å². The third-order valence-electron chi connectivity index (χ3n) is 4.34. The predicted molar refractivity (Wildman–Crippen MR) is 104 cm³/mol. The van der Waals surface area contributed by atoms with Gasteiger partial charge in [0.25, 0.3) is 0 Å². The molecular formula is C22H20ClNO2. The number of carbonyl (C=O) groups excluding carboxylic acids is 1. The molecule has 0 aliphatic rings. The maximum absolute atomic E-state index is 12.6. The van der Waals surface area contributed by atoms with Gasteiger partial charge in [-0.2, -0.15) is 0 Å². The minimum atomic E-state index is -0.219. The summed E-state index contributed by atoms with van der Waals surface area (Å²) in [5.41, 5.74) is 2.61. The highest BCUT2D eigenvalue weighted by atomic mass is 35.5. The topological polar surface area (TPSA) is 49.3 Å². The molecule has 2 N–H and O–H groups in total. The Bertz CT molecular complexity index is 880. The number of hydrogen-bond donors (Lipinski definition) is 2. The van der Waals surface area contributed by atoms with Crippen LogP contribution >= 0.6 is 11.6 Å². The highest BCUT2D eigenvalue weighted by Gasteiger charge is 2.20. The van der Waals surface area contributed by atoms with E-state index in [4.69, 9.17) is 11.6 Å². The lowest BCUT2D eigenvalue weighted by atomic mass is 9.87. The Labute approximate surface area is 158 Å². The molecule has 0 saturated carbocycles. The van der Waals surface area contributed by atoms with E-state index < -0.39 is 0 Å². The van der Waals surface area contributed by atoms with Crippen LogP contribution < -0.4 is 5.32 Å². The average Bonchev–Trinajstić information content (AvgIpc) is 2.67. The van der Waals surface area contributed by atoms with Gasteiger partial charge >= 0.3 is 0 Å². The Morgan fingerprint density at radius 3 is 2.31 bits per heavy atom. The quantitative estimate of drug-likeness (QED) is 0.653. The molecule has 0 heterocycles. The van der Waals surface area contributed by atoms with Gasteiger partial charge in [0.15, 0.2) is 0 Å². The minimum Gasteiger partial charge on any atom is -0.508 e. The summed E-state index contributed by atoms with van der Waals surface area (Å²) in [5.74, 6) is -0.120. The van der Waals surface area contributed by atoms with Crippen molar-refractivity contribution < 1.29 is 9.90 Å². The number of phenolic OH excluding ortho intramolecular Hbond substituents is 1. The third kappa shape index (κ3) is 4.44. The first kappa shape index (κ1) is 18.0. The molecule has 26 heavy (non-hydrogen) atoms. The second kappa shape index (κ2) is 8.54. The van der Waals surface area contributed by atoms with Crippen molar-refractivity contribution in [3.63, 3.8) is 0 Å². The van der Waals surface area contributed by atoms with Crippen LogP contribution in [0.15, 0.2) is 78.9 Å². The van der Waals surface area contributed by atoms with Crippen molar-refractivity contribution in [3.8, 4) is 5.75 Å². The van der Waals surface area contributed by atoms with Gasteiger partial charge in [0, 0.05) is 29.5 Å². The van der Waals surface area contributed by atoms with Gasteiger partial charge in [0.1, 0.15) is 5.75 Å². The molecule has 3 aromatic rings. The van der Waals surface area contributed by atoms with Gasteiger partial charge in [-0.15, -0.1) is 0 Å². The zero-order chi connectivity index (χ0) is 18.4. The molecule has 0 saturated heterocycles. The number of phenols is 1. The van der Waals surface area contributed by atoms with E-state index in [1.807, 2.05) is 60.7 Å². The molecule has 3 nitrogen and oxygen atoms in total. The van der Waals surface area contributed by atoms with E-state index >= 15 is 0 Å². The first-order chi connectivity index (χ1) is 12.6. The second-order valence-corrected chi connectivity index (χ2v) is 6.50. The molecule has 0 radical (unpaired) electrons. The minimum absolute atomic E-state index is 0.0953. The molecule has 3 aromatic carbocycles. The molecule has 1 atom stereocenters. The third-order valence-corrected chi connectivity index (χ3v) is 4.71. The fourth-order valence-electron chi connectivity index (χ4n) is 2.97. The Hall–Kier alpha value is -2.78. The van der Waals surface area contributed by atoms with Crippen LogP contribution in [-0.4, -0.2) is 11.0 Å². The summed E-state index contributed by atoms with van der Waals surface area (Å²) in [4.78, 5) is 12.6. The Morgan fingerprint density at radius 2 is 1.58 bits per heavy atom. The van der Waals surface area contributed by atoms with Gasteiger partial charge in [0.2, 0.25) is 5.91 Å². The van der Waals surface area contributed by atoms with E-state index in [0.29, 0.717) is 11.6 Å².